The molecule has 0 radical (unpaired) electrons. The number of nitrogens with zero attached hydrogens (tertiary/aromatic N) is 5. The third-order valence-corrected chi connectivity index (χ3v) is 7.94. The molecule has 0 amide bonds. The minimum Gasteiger partial charge on any atom is -0.457 e. The van der Waals surface area contributed by atoms with Crippen LogP contribution < -0.4 is 18.9 Å². The molecule has 8 aromatic rings. The van der Waals surface area contributed by atoms with E-state index in [1.54, 1.807) is 12.4 Å². The van der Waals surface area contributed by atoms with E-state index in [4.69, 9.17) is 28.9 Å². The fraction of sp³-hybridized carbons (Fsp3) is 0.0732. The van der Waals surface area contributed by atoms with Gasteiger partial charge in [0.05, 0.1) is 11.0 Å². The Bertz CT molecular complexity index is 2250. The third-order valence-electron chi connectivity index (χ3n) is 7.94. The average Bonchev–Trinajstić information content (AvgIpc) is 3.46. The van der Waals surface area contributed by atoms with Gasteiger partial charge in [-0.05, 0) is 72.6 Å². The highest BCUT2D eigenvalue weighted by atomic mass is 16.5. The second-order valence-electron chi connectivity index (χ2n) is 11.5. The molecule has 4 aromatic carbocycles. The molecule has 50 heavy (non-hydrogen) atoms. The van der Waals surface area contributed by atoms with Crippen molar-refractivity contribution in [2.24, 2.45) is 0 Å². The number of ether oxygens (including phenoxy) is 4. The van der Waals surface area contributed by atoms with Crippen LogP contribution in [0, 0.1) is 0 Å². The average molecular weight is 658 g/mol. The standard InChI is InChI=1S/C41H31N5O4/c1-2-9-28-26-44-41(45-27-28)46-37-24-33(47-29-10-7-12-31(22-29)49-39-14-3-5-20-42-39)16-18-35(37)36-19-17-34(25-38(36)46)48-30-11-8-13-32(23-30)50-40-15-4-6-21-43-40/h3-8,10-27H,2,9H2,1H3. The number of pyridine rings is 2. The highest BCUT2D eigenvalue weighted by molar-refractivity contribution is 6.09. The van der Waals surface area contributed by atoms with Gasteiger partial charge in [0, 0.05) is 72.0 Å². The molecule has 0 fully saturated rings. The van der Waals surface area contributed by atoms with Crippen LogP contribution in [0.4, 0.5) is 0 Å². The topological polar surface area (TPSA) is 93.4 Å². The zero-order valence-corrected chi connectivity index (χ0v) is 27.1. The van der Waals surface area contributed by atoms with E-state index in [1.807, 2.05) is 126 Å². The van der Waals surface area contributed by atoms with E-state index >= 15 is 0 Å². The largest absolute Gasteiger partial charge is 0.457 e. The van der Waals surface area contributed by atoms with Crippen LogP contribution in [-0.4, -0.2) is 24.5 Å². The van der Waals surface area contributed by atoms with Crippen LogP contribution in [0.15, 0.2) is 146 Å². The highest BCUT2D eigenvalue weighted by Crippen LogP contribution is 2.38. The highest BCUT2D eigenvalue weighted by Gasteiger charge is 2.17. The van der Waals surface area contributed by atoms with Crippen LogP contribution in [0.25, 0.3) is 27.8 Å². The maximum Gasteiger partial charge on any atom is 0.234 e. The summed E-state index contributed by atoms with van der Waals surface area (Å²) in [5.74, 6) is 5.38. The number of fused-ring (bicyclic) bond motifs is 3. The first-order valence-electron chi connectivity index (χ1n) is 16.3. The Morgan fingerprint density at radius 2 is 0.960 bits per heavy atom. The molecule has 0 spiro atoms. The van der Waals surface area contributed by atoms with Gasteiger partial charge in [-0.1, -0.05) is 37.6 Å². The Kier molecular flexibility index (Phi) is 8.43. The molecule has 4 heterocycles. The number of aryl methyl sites for hydroxylation is 1. The van der Waals surface area contributed by atoms with Gasteiger partial charge >= 0.3 is 0 Å². The minimum absolute atomic E-state index is 0.509. The van der Waals surface area contributed by atoms with Gasteiger partial charge in [0.2, 0.25) is 17.7 Å². The first-order valence-corrected chi connectivity index (χ1v) is 16.3. The molecule has 8 rings (SSSR count). The molecule has 4 aromatic heterocycles. The molecule has 0 unspecified atom stereocenters. The third kappa shape index (κ3) is 6.65. The van der Waals surface area contributed by atoms with Gasteiger partial charge in [-0.25, -0.2) is 19.9 Å². The molecule has 9 nitrogen and oxygen atoms in total. The van der Waals surface area contributed by atoms with Gasteiger partial charge < -0.3 is 18.9 Å². The van der Waals surface area contributed by atoms with Crippen molar-refractivity contribution in [2.75, 3.05) is 0 Å². The summed E-state index contributed by atoms with van der Waals surface area (Å²) < 4.78 is 26.6. The number of aromatic nitrogens is 5. The summed E-state index contributed by atoms with van der Waals surface area (Å²) in [4.78, 5) is 18.1. The summed E-state index contributed by atoms with van der Waals surface area (Å²) in [5.41, 5.74) is 2.87. The Labute approximate surface area is 288 Å². The maximum absolute atomic E-state index is 6.36. The number of hydrogen-bond acceptors (Lipinski definition) is 8. The summed E-state index contributed by atoms with van der Waals surface area (Å²) in [6, 6.07) is 38.1. The quantitative estimate of drug-likeness (QED) is 0.136. The van der Waals surface area contributed by atoms with E-state index < -0.39 is 0 Å². The molecule has 0 aliphatic carbocycles. The van der Waals surface area contributed by atoms with Crippen molar-refractivity contribution < 1.29 is 18.9 Å². The number of rotatable bonds is 11. The smallest absolute Gasteiger partial charge is 0.234 e. The van der Waals surface area contributed by atoms with Crippen molar-refractivity contribution in [1.29, 1.82) is 0 Å². The summed E-state index contributed by atoms with van der Waals surface area (Å²) in [6.45, 7) is 2.14. The van der Waals surface area contributed by atoms with E-state index in [0.717, 1.165) is 40.2 Å². The van der Waals surface area contributed by atoms with Crippen molar-refractivity contribution in [3.63, 3.8) is 0 Å². The SMILES string of the molecule is CCCc1cnc(-n2c3cc(Oc4cccc(Oc5ccccn5)c4)ccc3c3ccc(Oc4cccc(Oc5ccccn5)c4)cc32)nc1. The Morgan fingerprint density at radius 3 is 1.42 bits per heavy atom. The van der Waals surface area contributed by atoms with Gasteiger partial charge in [0.25, 0.3) is 0 Å². The van der Waals surface area contributed by atoms with E-state index in [0.29, 0.717) is 52.2 Å². The second-order valence-corrected chi connectivity index (χ2v) is 11.5. The van der Waals surface area contributed by atoms with Crippen LogP contribution in [0.3, 0.4) is 0 Å². The molecular weight excluding hydrogens is 626 g/mol. The van der Waals surface area contributed by atoms with Gasteiger partial charge in [-0.15, -0.1) is 0 Å². The number of benzene rings is 4. The van der Waals surface area contributed by atoms with E-state index in [-0.39, 0.29) is 0 Å². The summed E-state index contributed by atoms with van der Waals surface area (Å²) in [7, 11) is 0. The zero-order valence-electron chi connectivity index (χ0n) is 27.1. The second kappa shape index (κ2) is 13.8. The van der Waals surface area contributed by atoms with E-state index in [1.165, 1.54) is 0 Å². The molecule has 0 atom stereocenters. The lowest BCUT2D eigenvalue weighted by Gasteiger charge is -2.11. The molecule has 0 bridgehead atoms. The van der Waals surface area contributed by atoms with E-state index in [2.05, 4.69) is 29.0 Å². The summed E-state index contributed by atoms with van der Waals surface area (Å²) in [6.07, 6.45) is 9.10. The van der Waals surface area contributed by atoms with Crippen LogP contribution in [0.5, 0.6) is 46.3 Å². The summed E-state index contributed by atoms with van der Waals surface area (Å²) >= 11 is 0. The molecular formula is C41H31N5O4. The lowest BCUT2D eigenvalue weighted by atomic mass is 10.1. The fourth-order valence-corrected chi connectivity index (χ4v) is 5.73. The van der Waals surface area contributed by atoms with Crippen LogP contribution in [0.1, 0.15) is 18.9 Å². The van der Waals surface area contributed by atoms with Gasteiger partial charge in [0.15, 0.2) is 0 Å². The first-order chi connectivity index (χ1) is 24.7. The van der Waals surface area contributed by atoms with Crippen molar-refractivity contribution in [2.45, 2.75) is 19.8 Å². The van der Waals surface area contributed by atoms with Crippen LogP contribution >= 0.6 is 0 Å². The Hall–Kier alpha value is -6.74. The van der Waals surface area contributed by atoms with Gasteiger partial charge in [-0.2, -0.15) is 0 Å². The molecule has 0 aliphatic heterocycles. The normalized spacial score (nSPS) is 11.1. The van der Waals surface area contributed by atoms with E-state index in [9.17, 15) is 0 Å². The van der Waals surface area contributed by atoms with Gasteiger partial charge in [-0.3, -0.25) is 4.57 Å². The lowest BCUT2D eigenvalue weighted by molar-refractivity contribution is 0.448. The molecule has 0 saturated carbocycles. The Morgan fingerprint density at radius 1 is 0.480 bits per heavy atom. The van der Waals surface area contributed by atoms with Crippen molar-refractivity contribution in [3.8, 4) is 52.2 Å². The fourth-order valence-electron chi connectivity index (χ4n) is 5.73. The predicted octanol–water partition coefficient (Wildman–Crippen LogP) is 10.5. The van der Waals surface area contributed by atoms with Crippen molar-refractivity contribution in [3.05, 3.63) is 152 Å². The Balaban J connectivity index is 1.15. The first kappa shape index (κ1) is 30.6. The van der Waals surface area contributed by atoms with Crippen molar-refractivity contribution in [1.82, 2.24) is 24.5 Å². The lowest BCUT2D eigenvalue weighted by Crippen LogP contribution is -2.02. The zero-order chi connectivity index (χ0) is 33.7. The van der Waals surface area contributed by atoms with Crippen LogP contribution in [0.2, 0.25) is 0 Å². The monoisotopic (exact) mass is 657 g/mol. The van der Waals surface area contributed by atoms with Crippen molar-refractivity contribution >= 4 is 21.8 Å². The summed E-state index contributed by atoms with van der Waals surface area (Å²) in [5, 5.41) is 2.05. The molecule has 0 N–H and O–H groups in total. The molecule has 244 valence electrons. The minimum atomic E-state index is 0.509. The number of hydrogen-bond donors (Lipinski definition) is 0. The van der Waals surface area contributed by atoms with Crippen LogP contribution in [-0.2, 0) is 6.42 Å². The molecule has 0 saturated heterocycles. The predicted molar refractivity (Wildman–Crippen MR) is 192 cm³/mol. The maximum atomic E-state index is 6.36. The molecule has 0 aliphatic rings. The van der Waals surface area contributed by atoms with Gasteiger partial charge in [0.1, 0.15) is 34.5 Å². The molecule has 9 heteroatoms.